The van der Waals surface area contributed by atoms with Crippen LogP contribution >= 0.6 is 0 Å². The van der Waals surface area contributed by atoms with Crippen LogP contribution in [0.2, 0.25) is 0 Å². The molecule has 0 saturated carbocycles. The van der Waals surface area contributed by atoms with Gasteiger partial charge in [0.05, 0.1) is 25.2 Å². The van der Waals surface area contributed by atoms with Gasteiger partial charge in [-0.3, -0.25) is 9.59 Å². The highest BCUT2D eigenvalue weighted by Gasteiger charge is 2.32. The summed E-state index contributed by atoms with van der Waals surface area (Å²) in [6.45, 7) is 1.66. The molecule has 0 spiro atoms. The highest BCUT2D eigenvalue weighted by atomic mass is 19.1. The third-order valence-electron chi connectivity index (χ3n) is 4.31. The van der Waals surface area contributed by atoms with Gasteiger partial charge in [0.15, 0.2) is 0 Å². The summed E-state index contributed by atoms with van der Waals surface area (Å²) in [6, 6.07) is 6.04. The third-order valence-corrected chi connectivity index (χ3v) is 4.31. The van der Waals surface area contributed by atoms with E-state index in [9.17, 15) is 19.1 Å². The number of benzene rings is 1. The van der Waals surface area contributed by atoms with Crippen LogP contribution in [0.1, 0.15) is 38.2 Å². The van der Waals surface area contributed by atoms with Gasteiger partial charge >= 0.3 is 0 Å². The highest BCUT2D eigenvalue weighted by Crippen LogP contribution is 2.22. The zero-order chi connectivity index (χ0) is 18.2. The quantitative estimate of drug-likeness (QED) is 0.690. The van der Waals surface area contributed by atoms with E-state index in [-0.39, 0.29) is 49.3 Å². The van der Waals surface area contributed by atoms with Crippen LogP contribution in [0.15, 0.2) is 24.3 Å². The fourth-order valence-corrected chi connectivity index (χ4v) is 2.87. The van der Waals surface area contributed by atoms with Crippen LogP contribution in [0.25, 0.3) is 0 Å². The second-order valence-electron chi connectivity index (χ2n) is 6.16. The summed E-state index contributed by atoms with van der Waals surface area (Å²) in [6.07, 6.45) is 0.914. The van der Waals surface area contributed by atoms with Crippen LogP contribution in [0, 0.1) is 5.82 Å². The molecule has 1 aromatic rings. The molecule has 1 heterocycles. The molecule has 1 saturated heterocycles. The zero-order valence-electron chi connectivity index (χ0n) is 14.3. The number of aliphatic hydroxyl groups is 1. The van der Waals surface area contributed by atoms with Crippen molar-refractivity contribution >= 4 is 11.8 Å². The summed E-state index contributed by atoms with van der Waals surface area (Å²) in [5.41, 5.74) is 0.427. The van der Waals surface area contributed by atoms with Gasteiger partial charge in [0.2, 0.25) is 11.8 Å². The minimum absolute atomic E-state index is 0.0897. The monoisotopic (exact) mass is 352 g/mol. The molecule has 2 amide bonds. The van der Waals surface area contributed by atoms with Gasteiger partial charge in [-0.15, -0.1) is 0 Å². The van der Waals surface area contributed by atoms with Crippen molar-refractivity contribution in [1.82, 2.24) is 10.6 Å². The maximum absolute atomic E-state index is 13.5. The van der Waals surface area contributed by atoms with Crippen LogP contribution in [0.3, 0.4) is 0 Å². The van der Waals surface area contributed by atoms with Gasteiger partial charge in [-0.25, -0.2) is 4.39 Å². The first kappa shape index (κ1) is 19.3. The van der Waals surface area contributed by atoms with Gasteiger partial charge in [0.1, 0.15) is 11.9 Å². The molecule has 0 radical (unpaired) electrons. The second kappa shape index (κ2) is 9.48. The van der Waals surface area contributed by atoms with E-state index in [1.165, 1.54) is 6.07 Å². The summed E-state index contributed by atoms with van der Waals surface area (Å²) in [5, 5.41) is 15.0. The molecule has 1 aliphatic rings. The Balaban J connectivity index is 1.80. The normalized spacial score (nSPS) is 23.1. The zero-order valence-corrected chi connectivity index (χ0v) is 14.3. The Bertz CT molecular complexity index is 596. The van der Waals surface area contributed by atoms with Gasteiger partial charge < -0.3 is 20.5 Å². The van der Waals surface area contributed by atoms with Crippen molar-refractivity contribution in [2.45, 2.75) is 57.4 Å². The molecule has 1 fully saturated rings. The van der Waals surface area contributed by atoms with Crippen molar-refractivity contribution in [1.29, 1.82) is 0 Å². The Morgan fingerprint density at radius 1 is 1.28 bits per heavy atom. The Morgan fingerprint density at radius 2 is 2.04 bits per heavy atom. The fraction of sp³-hybridized carbons (Fsp3) is 0.556. The van der Waals surface area contributed by atoms with Crippen molar-refractivity contribution in [2.75, 3.05) is 6.61 Å². The van der Waals surface area contributed by atoms with Gasteiger partial charge in [-0.1, -0.05) is 25.1 Å². The van der Waals surface area contributed by atoms with E-state index in [1.807, 2.05) is 0 Å². The average Bonchev–Trinajstić information content (AvgIpc) is 2.62. The van der Waals surface area contributed by atoms with Gasteiger partial charge in [0, 0.05) is 18.5 Å². The predicted molar refractivity (Wildman–Crippen MR) is 90.1 cm³/mol. The Morgan fingerprint density at radius 3 is 2.72 bits per heavy atom. The molecule has 6 nitrogen and oxygen atoms in total. The van der Waals surface area contributed by atoms with E-state index in [0.717, 1.165) is 0 Å². The molecule has 0 aliphatic carbocycles. The molecule has 3 N–H and O–H groups in total. The van der Waals surface area contributed by atoms with Crippen molar-refractivity contribution in [2.24, 2.45) is 0 Å². The smallest absolute Gasteiger partial charge is 0.222 e. The molecule has 0 bridgehead atoms. The first-order valence-electron chi connectivity index (χ1n) is 8.59. The lowest BCUT2D eigenvalue weighted by molar-refractivity contribution is -0.135. The minimum atomic E-state index is -0.520. The molecule has 7 heteroatoms. The number of rotatable bonds is 7. The Hall–Kier alpha value is -1.99. The topological polar surface area (TPSA) is 87.7 Å². The SMILES string of the molecule is CCC(=O)N[C@H]1CC[C@H](CC(=O)NCc2ccccc2F)O[C@@H]1CO. The number of amides is 2. The Labute approximate surface area is 146 Å². The lowest BCUT2D eigenvalue weighted by Gasteiger charge is -2.36. The number of hydrogen-bond donors (Lipinski definition) is 3. The summed E-state index contributed by atoms with van der Waals surface area (Å²) in [5.74, 6) is -0.680. The van der Waals surface area contributed by atoms with Crippen LogP contribution in [-0.4, -0.2) is 41.8 Å². The molecule has 3 atom stereocenters. The predicted octanol–water partition coefficient (Wildman–Crippen LogP) is 1.27. The third kappa shape index (κ3) is 5.79. The summed E-state index contributed by atoms with van der Waals surface area (Å²) >= 11 is 0. The summed E-state index contributed by atoms with van der Waals surface area (Å²) in [4.78, 5) is 23.6. The number of nitrogens with one attached hydrogen (secondary N) is 2. The van der Waals surface area contributed by atoms with Crippen molar-refractivity contribution < 1.29 is 23.8 Å². The number of halogens is 1. The van der Waals surface area contributed by atoms with E-state index in [2.05, 4.69) is 10.6 Å². The number of ether oxygens (including phenoxy) is 1. The molecule has 138 valence electrons. The lowest BCUT2D eigenvalue weighted by Crippen LogP contribution is -2.51. The molecular formula is C18H25FN2O4. The largest absolute Gasteiger partial charge is 0.394 e. The first-order valence-corrected chi connectivity index (χ1v) is 8.59. The van der Waals surface area contributed by atoms with Crippen LogP contribution < -0.4 is 10.6 Å². The van der Waals surface area contributed by atoms with Gasteiger partial charge in [-0.05, 0) is 18.9 Å². The molecule has 2 rings (SSSR count). The Kier molecular flexibility index (Phi) is 7.33. The van der Waals surface area contributed by atoms with Crippen LogP contribution in [-0.2, 0) is 20.9 Å². The average molecular weight is 352 g/mol. The van der Waals surface area contributed by atoms with E-state index in [1.54, 1.807) is 25.1 Å². The van der Waals surface area contributed by atoms with Crippen LogP contribution in [0.5, 0.6) is 0 Å². The van der Waals surface area contributed by atoms with Crippen LogP contribution in [0.4, 0.5) is 4.39 Å². The molecule has 25 heavy (non-hydrogen) atoms. The van der Waals surface area contributed by atoms with E-state index >= 15 is 0 Å². The maximum atomic E-state index is 13.5. The maximum Gasteiger partial charge on any atom is 0.222 e. The fourth-order valence-electron chi connectivity index (χ4n) is 2.87. The number of carbonyl (C=O) groups is 2. The molecule has 0 aromatic heterocycles. The molecular weight excluding hydrogens is 327 g/mol. The van der Waals surface area contributed by atoms with E-state index in [4.69, 9.17) is 4.74 Å². The standard InChI is InChI=1S/C18H25FN2O4/c1-2-17(23)21-15-8-7-13(25-16(15)11-22)9-18(24)20-10-12-5-3-4-6-14(12)19/h3-6,13,15-16,22H,2,7-11H2,1H3,(H,20,24)(H,21,23)/t13-,15+,16-/m1/s1. The highest BCUT2D eigenvalue weighted by molar-refractivity contribution is 5.76. The van der Waals surface area contributed by atoms with E-state index in [0.29, 0.717) is 24.8 Å². The molecule has 1 aliphatic heterocycles. The number of hydrogen-bond acceptors (Lipinski definition) is 4. The molecule has 0 unspecified atom stereocenters. The van der Waals surface area contributed by atoms with E-state index < -0.39 is 6.10 Å². The van der Waals surface area contributed by atoms with Gasteiger partial charge in [0.25, 0.3) is 0 Å². The summed E-state index contributed by atoms with van der Waals surface area (Å²) in [7, 11) is 0. The second-order valence-corrected chi connectivity index (χ2v) is 6.16. The summed E-state index contributed by atoms with van der Waals surface area (Å²) < 4.78 is 19.3. The molecule has 1 aromatic carbocycles. The van der Waals surface area contributed by atoms with Gasteiger partial charge in [-0.2, -0.15) is 0 Å². The first-order chi connectivity index (χ1) is 12.0. The van der Waals surface area contributed by atoms with Crippen molar-refractivity contribution in [3.05, 3.63) is 35.6 Å². The minimum Gasteiger partial charge on any atom is -0.394 e. The van der Waals surface area contributed by atoms with Crippen molar-refractivity contribution in [3.63, 3.8) is 0 Å². The number of aliphatic hydroxyl groups excluding tert-OH is 1. The number of carbonyl (C=O) groups excluding carboxylic acids is 2. The van der Waals surface area contributed by atoms with Crippen molar-refractivity contribution in [3.8, 4) is 0 Å². The lowest BCUT2D eigenvalue weighted by atomic mass is 9.96.